The summed E-state index contributed by atoms with van der Waals surface area (Å²) in [5, 5.41) is 0. The Kier molecular flexibility index (Phi) is 8.81. The number of hydrogen-bond acceptors (Lipinski definition) is 5. The number of aliphatic imine (C=N–C) groups is 1. The number of fused-ring (bicyclic) bond motifs is 1. The maximum absolute atomic E-state index is 12.6. The first kappa shape index (κ1) is 24.9. The maximum Gasteiger partial charge on any atom is 0.262 e. The fourth-order valence-corrected chi connectivity index (χ4v) is 3.77. The molecular formula is C25H31N3O4. The van der Waals surface area contributed by atoms with Crippen molar-refractivity contribution in [2.24, 2.45) is 10.7 Å². The smallest absolute Gasteiger partial charge is 0.262 e. The summed E-state index contributed by atoms with van der Waals surface area (Å²) in [5.41, 5.74) is 10.9. The van der Waals surface area contributed by atoms with Crippen LogP contribution in [0.4, 0.5) is 5.69 Å². The third-order valence-electron chi connectivity index (χ3n) is 5.53. The van der Waals surface area contributed by atoms with E-state index in [1.807, 2.05) is 6.92 Å². The third-order valence-corrected chi connectivity index (χ3v) is 5.53. The van der Waals surface area contributed by atoms with Crippen molar-refractivity contribution in [2.45, 2.75) is 59.8 Å². The van der Waals surface area contributed by atoms with E-state index in [-0.39, 0.29) is 5.56 Å². The van der Waals surface area contributed by atoms with Gasteiger partial charge in [0.15, 0.2) is 0 Å². The fourth-order valence-electron chi connectivity index (χ4n) is 3.77. The molecule has 0 unspecified atom stereocenters. The molecule has 2 N–H and O–H groups in total. The molecule has 0 aromatic heterocycles. The second-order valence-electron chi connectivity index (χ2n) is 7.80. The van der Waals surface area contributed by atoms with Crippen LogP contribution >= 0.6 is 0 Å². The average Bonchev–Trinajstić information content (AvgIpc) is 2.94. The molecule has 32 heavy (non-hydrogen) atoms. The molecule has 170 valence electrons. The van der Waals surface area contributed by atoms with Crippen molar-refractivity contribution in [2.75, 3.05) is 6.54 Å². The number of nitrogens with two attached hydrogens (primary N) is 1. The number of allylic oxidation sites excluding steroid dienone is 4. The number of carbonyl (C=O) groups is 4. The van der Waals surface area contributed by atoms with Crippen LogP contribution in [0.1, 0.15) is 79.2 Å². The zero-order valence-corrected chi connectivity index (χ0v) is 19.2. The molecule has 7 heteroatoms. The molecule has 1 aromatic carbocycles. The summed E-state index contributed by atoms with van der Waals surface area (Å²) in [6.45, 7) is 7.21. The lowest BCUT2D eigenvalue weighted by Crippen LogP contribution is -2.37. The zero-order chi connectivity index (χ0) is 23.8. The number of aryl methyl sites for hydroxylation is 1. The van der Waals surface area contributed by atoms with Gasteiger partial charge in [-0.05, 0) is 76.1 Å². The van der Waals surface area contributed by atoms with E-state index < -0.39 is 24.3 Å². The molecule has 3 rings (SSSR count). The highest BCUT2D eigenvalue weighted by molar-refractivity contribution is 6.23. The van der Waals surface area contributed by atoms with Crippen LogP contribution in [0, 0.1) is 6.92 Å². The monoisotopic (exact) mass is 437 g/mol. The minimum Gasteiger partial charge on any atom is -0.368 e. The van der Waals surface area contributed by atoms with Crippen LogP contribution < -0.4 is 5.73 Å². The lowest BCUT2D eigenvalue weighted by Gasteiger charge is -2.16. The molecule has 7 nitrogen and oxygen atoms in total. The van der Waals surface area contributed by atoms with E-state index in [9.17, 15) is 14.4 Å². The van der Waals surface area contributed by atoms with E-state index in [2.05, 4.69) is 26.0 Å². The lowest BCUT2D eigenvalue weighted by atomic mass is 9.92. The first-order chi connectivity index (χ1) is 15.2. The molecule has 0 saturated heterocycles. The van der Waals surface area contributed by atoms with Gasteiger partial charge in [-0.1, -0.05) is 24.6 Å². The third kappa shape index (κ3) is 5.66. The molecular weight excluding hydrogens is 406 g/mol. The average molecular weight is 438 g/mol. The van der Waals surface area contributed by atoms with Crippen molar-refractivity contribution in [1.29, 1.82) is 0 Å². The number of rotatable bonds is 4. The molecule has 1 aliphatic carbocycles. The van der Waals surface area contributed by atoms with Crippen LogP contribution in [0.2, 0.25) is 0 Å². The summed E-state index contributed by atoms with van der Waals surface area (Å²) in [4.78, 5) is 51.0. The van der Waals surface area contributed by atoms with Crippen molar-refractivity contribution in [3.05, 3.63) is 52.1 Å². The summed E-state index contributed by atoms with van der Waals surface area (Å²) >= 11 is 0. The van der Waals surface area contributed by atoms with Crippen LogP contribution in [0.5, 0.6) is 0 Å². The molecule has 0 atom stereocenters. The predicted molar refractivity (Wildman–Crippen MR) is 125 cm³/mol. The molecule has 1 aliphatic heterocycles. The van der Waals surface area contributed by atoms with E-state index in [0.717, 1.165) is 54.6 Å². The summed E-state index contributed by atoms with van der Waals surface area (Å²) < 4.78 is 0. The van der Waals surface area contributed by atoms with Gasteiger partial charge in [-0.25, -0.2) is 0 Å². The lowest BCUT2D eigenvalue weighted by molar-refractivity contribution is -0.118. The van der Waals surface area contributed by atoms with Gasteiger partial charge < -0.3 is 10.5 Å². The van der Waals surface area contributed by atoms with Gasteiger partial charge in [-0.2, -0.15) is 0 Å². The first-order valence-corrected chi connectivity index (χ1v) is 10.9. The Morgan fingerprint density at radius 3 is 2.25 bits per heavy atom. The quantitative estimate of drug-likeness (QED) is 0.432. The molecule has 1 aromatic rings. The summed E-state index contributed by atoms with van der Waals surface area (Å²) in [6.07, 6.45) is 9.82. The molecule has 0 bridgehead atoms. The topological polar surface area (TPSA) is 110 Å². The summed E-state index contributed by atoms with van der Waals surface area (Å²) in [6, 6.07) is 3.36. The van der Waals surface area contributed by atoms with Crippen LogP contribution in [-0.4, -0.2) is 41.2 Å². The number of nitrogens with zero attached hydrogens (tertiary/aromatic N) is 2. The van der Waals surface area contributed by atoms with Gasteiger partial charge in [0.25, 0.3) is 11.8 Å². The molecule has 3 amide bonds. The largest absolute Gasteiger partial charge is 0.368 e. The number of primary amides is 1. The molecule has 0 saturated carbocycles. The maximum atomic E-state index is 12.6. The minimum absolute atomic E-state index is 0.282. The van der Waals surface area contributed by atoms with E-state index in [4.69, 9.17) is 15.5 Å². The Morgan fingerprint density at radius 1 is 1.12 bits per heavy atom. The molecule has 2 aliphatic rings. The predicted octanol–water partition coefficient (Wildman–Crippen LogP) is 4.21. The number of benzene rings is 1. The first-order valence-electron chi connectivity index (χ1n) is 10.9. The Balaban J connectivity index is 0.00000114. The highest BCUT2D eigenvalue weighted by Gasteiger charge is 2.37. The SMILES string of the molecule is CC=O.CCC(C)=C1CC/C=C/CCC1=Nc1cc2c(cc1C)C(=O)N(CC(N)=O)C2=O. The highest BCUT2D eigenvalue weighted by atomic mass is 16.2. The second-order valence-corrected chi connectivity index (χ2v) is 7.80. The Bertz CT molecular complexity index is 1020. The van der Waals surface area contributed by atoms with Gasteiger partial charge in [0.2, 0.25) is 5.91 Å². The van der Waals surface area contributed by atoms with Crippen LogP contribution in [-0.2, 0) is 9.59 Å². The molecule has 0 spiro atoms. The van der Waals surface area contributed by atoms with Crippen molar-refractivity contribution in [3.63, 3.8) is 0 Å². The van der Waals surface area contributed by atoms with Gasteiger partial charge in [0.05, 0.1) is 16.8 Å². The van der Waals surface area contributed by atoms with Crippen LogP contribution in [0.3, 0.4) is 0 Å². The Hall–Kier alpha value is -3.35. The van der Waals surface area contributed by atoms with Crippen molar-refractivity contribution in [3.8, 4) is 0 Å². The molecule has 1 heterocycles. The van der Waals surface area contributed by atoms with E-state index in [1.165, 1.54) is 18.1 Å². The van der Waals surface area contributed by atoms with E-state index in [0.29, 0.717) is 11.3 Å². The number of imide groups is 1. The van der Waals surface area contributed by atoms with Gasteiger partial charge in [-0.3, -0.25) is 24.3 Å². The van der Waals surface area contributed by atoms with Gasteiger partial charge in [-0.15, -0.1) is 0 Å². The van der Waals surface area contributed by atoms with Crippen molar-refractivity contribution in [1.82, 2.24) is 4.90 Å². The van der Waals surface area contributed by atoms with Gasteiger partial charge in [0, 0.05) is 5.71 Å². The van der Waals surface area contributed by atoms with Crippen LogP contribution in [0.15, 0.2) is 40.4 Å². The number of hydrogen-bond donors (Lipinski definition) is 1. The number of aldehydes is 1. The normalized spacial score (nSPS) is 19.5. The zero-order valence-electron chi connectivity index (χ0n) is 19.2. The summed E-state index contributed by atoms with van der Waals surface area (Å²) in [7, 11) is 0. The van der Waals surface area contributed by atoms with Crippen molar-refractivity contribution < 1.29 is 19.2 Å². The van der Waals surface area contributed by atoms with E-state index >= 15 is 0 Å². The summed E-state index contributed by atoms with van der Waals surface area (Å²) in [5.74, 6) is -1.69. The molecule has 0 radical (unpaired) electrons. The van der Waals surface area contributed by atoms with Crippen molar-refractivity contribution >= 4 is 35.4 Å². The minimum atomic E-state index is -0.718. The molecule has 0 fully saturated rings. The standard InChI is InChI=1S/C23H27N3O3.C2H4O/c1-4-14(2)16-9-7-5-6-8-10-19(16)25-20-12-18-17(11-15(20)3)22(28)26(23(18)29)13-21(24)27;1-2-3/h5-6,11-12H,4,7-10,13H2,1-3H3,(H2,24,27);2H,1H3/b6-5+,16-14?,25-19?;. The van der Waals surface area contributed by atoms with Gasteiger partial charge >= 0.3 is 0 Å². The van der Waals surface area contributed by atoms with Crippen LogP contribution in [0.25, 0.3) is 0 Å². The Morgan fingerprint density at radius 2 is 1.69 bits per heavy atom. The second kappa shape index (κ2) is 11.3. The number of carbonyl (C=O) groups excluding carboxylic acids is 4. The fraction of sp³-hybridized carbons (Fsp3) is 0.400. The highest BCUT2D eigenvalue weighted by Crippen LogP contribution is 2.32. The number of amides is 3. The van der Waals surface area contributed by atoms with Gasteiger partial charge in [0.1, 0.15) is 12.8 Å². The van der Waals surface area contributed by atoms with E-state index in [1.54, 1.807) is 12.1 Å². The Labute approximate surface area is 189 Å².